The maximum absolute atomic E-state index is 12.4. The Labute approximate surface area is 189 Å². The predicted molar refractivity (Wildman–Crippen MR) is 124 cm³/mol. The van der Waals surface area contributed by atoms with Gasteiger partial charge in [-0.15, -0.1) is 10.2 Å². The van der Waals surface area contributed by atoms with Gasteiger partial charge in [0.25, 0.3) is 11.8 Å². The molecule has 32 heavy (non-hydrogen) atoms. The summed E-state index contributed by atoms with van der Waals surface area (Å²) in [5, 5.41) is 13.4. The summed E-state index contributed by atoms with van der Waals surface area (Å²) < 4.78 is 0. The van der Waals surface area contributed by atoms with Gasteiger partial charge in [0.2, 0.25) is 0 Å². The molecule has 1 aromatic carbocycles. The van der Waals surface area contributed by atoms with Crippen LogP contribution in [0.2, 0.25) is 0 Å². The fourth-order valence-electron chi connectivity index (χ4n) is 4.84. The van der Waals surface area contributed by atoms with Crippen LogP contribution in [0.3, 0.4) is 0 Å². The summed E-state index contributed by atoms with van der Waals surface area (Å²) in [6.45, 7) is 3.65. The highest BCUT2D eigenvalue weighted by atomic mass is 16.2. The molecule has 1 aliphatic carbocycles. The van der Waals surface area contributed by atoms with E-state index in [0.717, 1.165) is 19.6 Å². The number of amides is 2. The number of benzene rings is 1. The van der Waals surface area contributed by atoms with Gasteiger partial charge in [-0.1, -0.05) is 31.4 Å². The molecule has 170 valence electrons. The molecule has 2 heterocycles. The summed E-state index contributed by atoms with van der Waals surface area (Å²) >= 11 is 0. The number of rotatable bonds is 6. The molecule has 0 bridgehead atoms. The number of nitrogens with one attached hydrogen (secondary N) is 2. The monoisotopic (exact) mass is 436 g/mol. The largest absolute Gasteiger partial charge is 0.397 e. The van der Waals surface area contributed by atoms with E-state index in [1.54, 1.807) is 24.3 Å². The summed E-state index contributed by atoms with van der Waals surface area (Å²) in [5.74, 6) is -0.708. The highest BCUT2D eigenvalue weighted by Crippen LogP contribution is 2.44. The predicted octanol–water partition coefficient (Wildman–Crippen LogP) is 3.09. The van der Waals surface area contributed by atoms with E-state index in [1.807, 2.05) is 0 Å². The lowest BCUT2D eigenvalue weighted by Crippen LogP contribution is -2.44. The molecule has 0 unspecified atom stereocenters. The van der Waals surface area contributed by atoms with Crippen LogP contribution < -0.4 is 16.4 Å². The third kappa shape index (κ3) is 5.43. The topological polar surface area (TPSA) is 113 Å². The Bertz CT molecular complexity index is 930. The molecule has 4 rings (SSSR count). The number of aromatic nitrogens is 2. The van der Waals surface area contributed by atoms with Gasteiger partial charge in [-0.2, -0.15) is 0 Å². The van der Waals surface area contributed by atoms with Crippen LogP contribution in [0, 0.1) is 5.41 Å². The first-order valence-electron chi connectivity index (χ1n) is 11.5. The molecular weight excluding hydrogens is 404 g/mol. The van der Waals surface area contributed by atoms with Gasteiger partial charge in [0.1, 0.15) is 0 Å². The number of carbonyl (C=O) groups is 2. The molecule has 0 atom stereocenters. The average Bonchev–Trinajstić information content (AvgIpc) is 2.82. The second kappa shape index (κ2) is 10.1. The summed E-state index contributed by atoms with van der Waals surface area (Å²) in [4.78, 5) is 27.2. The highest BCUT2D eigenvalue weighted by Gasteiger charge is 2.35. The van der Waals surface area contributed by atoms with Crippen LogP contribution in [0.25, 0.3) is 0 Å². The molecule has 8 heteroatoms. The first kappa shape index (κ1) is 22.2. The molecule has 1 aromatic heterocycles. The van der Waals surface area contributed by atoms with Crippen molar-refractivity contribution in [3.8, 4) is 0 Å². The summed E-state index contributed by atoms with van der Waals surface area (Å²) in [6.07, 6.45) is 9.52. The van der Waals surface area contributed by atoms with Crippen LogP contribution in [0.1, 0.15) is 65.9 Å². The first-order valence-corrected chi connectivity index (χ1v) is 11.5. The molecule has 1 aliphatic heterocycles. The lowest BCUT2D eigenvalue weighted by Gasteiger charge is -2.44. The third-order valence-corrected chi connectivity index (χ3v) is 6.88. The van der Waals surface area contributed by atoms with Crippen LogP contribution >= 0.6 is 0 Å². The van der Waals surface area contributed by atoms with Crippen molar-refractivity contribution in [1.82, 2.24) is 20.4 Å². The first-order chi connectivity index (χ1) is 15.5. The summed E-state index contributed by atoms with van der Waals surface area (Å²) in [7, 11) is 0. The molecule has 2 fully saturated rings. The van der Waals surface area contributed by atoms with E-state index in [0.29, 0.717) is 23.3 Å². The quantitative estimate of drug-likeness (QED) is 0.600. The molecule has 2 aliphatic rings. The molecule has 2 amide bonds. The number of piperidine rings is 1. The van der Waals surface area contributed by atoms with Gasteiger partial charge in [-0.25, -0.2) is 0 Å². The van der Waals surface area contributed by atoms with Gasteiger partial charge in [-0.3, -0.25) is 9.59 Å². The van der Waals surface area contributed by atoms with Gasteiger partial charge < -0.3 is 21.3 Å². The zero-order valence-electron chi connectivity index (χ0n) is 18.5. The molecule has 8 nitrogen and oxygen atoms in total. The van der Waals surface area contributed by atoms with Crippen molar-refractivity contribution in [2.75, 3.05) is 37.2 Å². The number of anilines is 2. The molecule has 1 saturated carbocycles. The van der Waals surface area contributed by atoms with Crippen molar-refractivity contribution in [2.24, 2.45) is 5.41 Å². The van der Waals surface area contributed by atoms with Crippen LogP contribution in [-0.2, 0) is 0 Å². The minimum atomic E-state index is -0.428. The highest BCUT2D eigenvalue weighted by molar-refractivity contribution is 6.04. The van der Waals surface area contributed by atoms with Gasteiger partial charge in [0.15, 0.2) is 11.4 Å². The van der Waals surface area contributed by atoms with Gasteiger partial charge in [-0.05, 0) is 68.5 Å². The van der Waals surface area contributed by atoms with Crippen molar-refractivity contribution in [2.45, 2.75) is 44.9 Å². The minimum absolute atomic E-state index is 0.120. The Morgan fingerprint density at radius 3 is 2.22 bits per heavy atom. The van der Waals surface area contributed by atoms with E-state index in [4.69, 9.17) is 5.73 Å². The van der Waals surface area contributed by atoms with Crippen molar-refractivity contribution in [1.29, 1.82) is 0 Å². The lowest BCUT2D eigenvalue weighted by molar-refractivity contribution is 0.0672. The number of hydrogen-bond donors (Lipinski definition) is 3. The zero-order chi connectivity index (χ0) is 22.4. The normalized spacial score (nSPS) is 18.2. The molecule has 1 saturated heterocycles. The maximum atomic E-state index is 12.4. The second-order valence-corrected chi connectivity index (χ2v) is 9.00. The third-order valence-electron chi connectivity index (χ3n) is 6.88. The molecule has 0 radical (unpaired) electrons. The summed E-state index contributed by atoms with van der Waals surface area (Å²) in [6, 6.07) is 9.98. The van der Waals surface area contributed by atoms with Gasteiger partial charge in [0, 0.05) is 13.1 Å². The molecule has 1 spiro atoms. The number of nitrogen functional groups attached to an aromatic ring is 1. The Balaban J connectivity index is 1.21. The number of para-hydroxylation sites is 2. The second-order valence-electron chi connectivity index (χ2n) is 9.00. The van der Waals surface area contributed by atoms with E-state index in [2.05, 4.69) is 25.7 Å². The van der Waals surface area contributed by atoms with E-state index in [9.17, 15) is 9.59 Å². The number of nitrogens with two attached hydrogens (primary N) is 1. The summed E-state index contributed by atoms with van der Waals surface area (Å²) in [5.41, 5.74) is 7.72. The van der Waals surface area contributed by atoms with Crippen molar-refractivity contribution < 1.29 is 9.59 Å². The SMILES string of the molecule is Nc1ccccc1NC(=O)c1ccc(C(=O)NCCN2CCC3(CCCCC3)CC2)nn1. The Morgan fingerprint density at radius 1 is 0.906 bits per heavy atom. The minimum Gasteiger partial charge on any atom is -0.397 e. The van der Waals surface area contributed by atoms with Crippen LogP contribution in [-0.4, -0.2) is 53.1 Å². The maximum Gasteiger partial charge on any atom is 0.276 e. The number of carbonyl (C=O) groups excluding carboxylic acids is 2. The van der Waals surface area contributed by atoms with E-state index in [1.165, 1.54) is 57.1 Å². The molecule has 4 N–H and O–H groups in total. The number of nitrogens with zero attached hydrogens (tertiary/aromatic N) is 3. The Morgan fingerprint density at radius 2 is 1.56 bits per heavy atom. The fraction of sp³-hybridized carbons (Fsp3) is 0.500. The van der Waals surface area contributed by atoms with Crippen LogP contribution in [0.15, 0.2) is 36.4 Å². The van der Waals surface area contributed by atoms with Gasteiger partial charge >= 0.3 is 0 Å². The lowest BCUT2D eigenvalue weighted by atomic mass is 9.68. The fourth-order valence-corrected chi connectivity index (χ4v) is 4.84. The molecular formula is C24H32N6O2. The van der Waals surface area contributed by atoms with Crippen molar-refractivity contribution >= 4 is 23.2 Å². The van der Waals surface area contributed by atoms with Crippen molar-refractivity contribution in [3.63, 3.8) is 0 Å². The molecule has 2 aromatic rings. The van der Waals surface area contributed by atoms with E-state index < -0.39 is 5.91 Å². The number of hydrogen-bond acceptors (Lipinski definition) is 6. The number of likely N-dealkylation sites (tertiary alicyclic amines) is 1. The standard InChI is InChI=1S/C24H32N6O2/c25-18-6-2-3-7-19(18)27-23(32)21-9-8-20(28-29-21)22(31)26-14-17-30-15-12-24(13-16-30)10-4-1-5-11-24/h2-3,6-9H,1,4-5,10-17,25H2,(H,26,31)(H,27,32). The van der Waals surface area contributed by atoms with Gasteiger partial charge in [0.05, 0.1) is 11.4 Å². The van der Waals surface area contributed by atoms with E-state index >= 15 is 0 Å². The smallest absolute Gasteiger partial charge is 0.276 e. The van der Waals surface area contributed by atoms with E-state index in [-0.39, 0.29) is 17.3 Å². The van der Waals surface area contributed by atoms with Crippen LogP contribution in [0.4, 0.5) is 11.4 Å². The zero-order valence-corrected chi connectivity index (χ0v) is 18.5. The Kier molecular flexibility index (Phi) is 6.99. The average molecular weight is 437 g/mol. The van der Waals surface area contributed by atoms with Crippen LogP contribution in [0.5, 0.6) is 0 Å². The van der Waals surface area contributed by atoms with Crippen molar-refractivity contribution in [3.05, 3.63) is 47.8 Å². The Hall–Kier alpha value is -3.00.